The van der Waals surface area contributed by atoms with Gasteiger partial charge in [-0.15, -0.1) is 0 Å². The van der Waals surface area contributed by atoms with Gasteiger partial charge in [-0.3, -0.25) is 14.5 Å². The molecule has 40 heavy (non-hydrogen) atoms. The maximum absolute atomic E-state index is 13.4. The standard InChI is InChI=1S/C32H40N2O6/c1-4-6-19-40-25-10-8-24(9-11-25)29-28(30(35)27-13-12-26(22-23(27)3)39-18-5-2)31(36)32(37)34(29)15-7-14-33-16-20-38-21-17-33/h5,8-13,22,29,35H,2,4,6-7,14-21H2,1,3H3. The number of Topliss-reactive ketones (excluding diaryl/α,β-unsaturated/α-hetero) is 1. The number of likely N-dealkylation sites (tertiary alicyclic amines) is 1. The number of ether oxygens (including phenoxy) is 3. The Kier molecular flexibility index (Phi) is 10.4. The van der Waals surface area contributed by atoms with Crippen molar-refractivity contribution in [2.75, 3.05) is 52.6 Å². The molecule has 2 heterocycles. The van der Waals surface area contributed by atoms with Gasteiger partial charge in [-0.25, -0.2) is 0 Å². The molecule has 1 N–H and O–H groups in total. The third-order valence-corrected chi connectivity index (χ3v) is 7.30. The number of carbonyl (C=O) groups is 2. The molecule has 1 atom stereocenters. The summed E-state index contributed by atoms with van der Waals surface area (Å²) in [6.07, 6.45) is 4.36. The Hall–Kier alpha value is -3.62. The van der Waals surface area contributed by atoms with Crippen molar-refractivity contribution in [2.24, 2.45) is 0 Å². The first-order valence-corrected chi connectivity index (χ1v) is 14.1. The zero-order valence-corrected chi connectivity index (χ0v) is 23.6. The van der Waals surface area contributed by atoms with E-state index < -0.39 is 17.7 Å². The predicted molar refractivity (Wildman–Crippen MR) is 155 cm³/mol. The number of rotatable bonds is 13. The number of benzene rings is 2. The van der Waals surface area contributed by atoms with Crippen molar-refractivity contribution in [1.82, 2.24) is 9.80 Å². The fourth-order valence-corrected chi connectivity index (χ4v) is 5.12. The van der Waals surface area contributed by atoms with Crippen molar-refractivity contribution in [2.45, 2.75) is 39.2 Å². The number of carbonyl (C=O) groups excluding carboxylic acids is 2. The molecular weight excluding hydrogens is 508 g/mol. The molecule has 0 saturated carbocycles. The van der Waals surface area contributed by atoms with Crippen LogP contribution in [0, 0.1) is 6.92 Å². The zero-order valence-electron chi connectivity index (χ0n) is 23.6. The minimum atomic E-state index is -0.703. The summed E-state index contributed by atoms with van der Waals surface area (Å²) in [5.74, 6) is -0.0980. The summed E-state index contributed by atoms with van der Waals surface area (Å²) < 4.78 is 16.9. The normalized spacial score (nSPS) is 19.1. The van der Waals surface area contributed by atoms with Gasteiger partial charge >= 0.3 is 0 Å². The second-order valence-electron chi connectivity index (χ2n) is 10.1. The average molecular weight is 549 g/mol. The number of aryl methyl sites for hydroxylation is 1. The first-order valence-electron chi connectivity index (χ1n) is 14.1. The number of amides is 1. The molecule has 2 aromatic rings. The highest BCUT2D eigenvalue weighted by molar-refractivity contribution is 6.46. The van der Waals surface area contributed by atoms with E-state index in [1.165, 1.54) is 0 Å². The van der Waals surface area contributed by atoms with Gasteiger partial charge in [-0.1, -0.05) is 38.1 Å². The molecule has 0 spiro atoms. The summed E-state index contributed by atoms with van der Waals surface area (Å²) in [7, 11) is 0. The lowest BCUT2D eigenvalue weighted by Crippen LogP contribution is -2.38. The Morgan fingerprint density at radius 2 is 1.77 bits per heavy atom. The van der Waals surface area contributed by atoms with E-state index in [-0.39, 0.29) is 11.3 Å². The Balaban J connectivity index is 1.65. The zero-order chi connectivity index (χ0) is 28.5. The van der Waals surface area contributed by atoms with Crippen LogP contribution >= 0.6 is 0 Å². The van der Waals surface area contributed by atoms with Crippen LogP contribution in [0.1, 0.15) is 48.9 Å². The fraction of sp³-hybridized carbons (Fsp3) is 0.438. The summed E-state index contributed by atoms with van der Waals surface area (Å²) in [6.45, 7) is 12.9. The molecule has 214 valence electrons. The molecule has 0 bridgehead atoms. The highest BCUT2D eigenvalue weighted by Gasteiger charge is 2.46. The Bertz CT molecular complexity index is 1220. The predicted octanol–water partition coefficient (Wildman–Crippen LogP) is 4.88. The highest BCUT2D eigenvalue weighted by Crippen LogP contribution is 2.40. The van der Waals surface area contributed by atoms with Gasteiger partial charge in [-0.2, -0.15) is 0 Å². The first-order chi connectivity index (χ1) is 19.4. The monoisotopic (exact) mass is 548 g/mol. The maximum Gasteiger partial charge on any atom is 0.295 e. The number of hydrogen-bond donors (Lipinski definition) is 1. The first kappa shape index (κ1) is 29.4. The van der Waals surface area contributed by atoms with Crippen LogP contribution in [0.5, 0.6) is 11.5 Å². The molecule has 8 nitrogen and oxygen atoms in total. The summed E-state index contributed by atoms with van der Waals surface area (Å²) in [5, 5.41) is 11.5. The molecule has 1 unspecified atom stereocenters. The lowest BCUT2D eigenvalue weighted by atomic mass is 9.93. The molecule has 8 heteroatoms. The van der Waals surface area contributed by atoms with Crippen molar-refractivity contribution < 1.29 is 28.9 Å². The van der Waals surface area contributed by atoms with Gasteiger partial charge in [-0.05, 0) is 61.2 Å². The van der Waals surface area contributed by atoms with Crippen LogP contribution in [-0.2, 0) is 14.3 Å². The lowest BCUT2D eigenvalue weighted by Gasteiger charge is -2.29. The van der Waals surface area contributed by atoms with Gasteiger partial charge in [0.1, 0.15) is 23.9 Å². The summed E-state index contributed by atoms with van der Waals surface area (Å²) >= 11 is 0. The van der Waals surface area contributed by atoms with E-state index in [0.717, 1.165) is 49.4 Å². The van der Waals surface area contributed by atoms with Gasteiger partial charge in [0.2, 0.25) is 0 Å². The van der Waals surface area contributed by atoms with Crippen LogP contribution in [0.4, 0.5) is 0 Å². The number of aliphatic hydroxyl groups is 1. The van der Waals surface area contributed by atoms with Crippen LogP contribution in [0.2, 0.25) is 0 Å². The van der Waals surface area contributed by atoms with Crippen molar-refractivity contribution >= 4 is 17.4 Å². The minimum absolute atomic E-state index is 0.0962. The SMILES string of the molecule is C=CCOc1ccc(C(O)=C2C(=O)C(=O)N(CCCN3CCOCC3)C2c2ccc(OCCCC)cc2)c(C)c1. The topological polar surface area (TPSA) is 88.5 Å². The van der Waals surface area contributed by atoms with Gasteiger partial charge in [0.15, 0.2) is 0 Å². The Labute approximate surface area is 236 Å². The third kappa shape index (κ3) is 6.92. The number of morpholine rings is 1. The number of ketones is 1. The fourth-order valence-electron chi connectivity index (χ4n) is 5.12. The van der Waals surface area contributed by atoms with Crippen LogP contribution in [-0.4, -0.2) is 79.2 Å². The molecule has 4 rings (SSSR count). The van der Waals surface area contributed by atoms with Gasteiger partial charge in [0.25, 0.3) is 11.7 Å². The lowest BCUT2D eigenvalue weighted by molar-refractivity contribution is -0.140. The van der Waals surface area contributed by atoms with Crippen LogP contribution in [0.3, 0.4) is 0 Å². The average Bonchev–Trinajstić information content (AvgIpc) is 3.22. The second kappa shape index (κ2) is 14.1. The molecular formula is C32H40N2O6. The van der Waals surface area contributed by atoms with Crippen LogP contribution in [0.15, 0.2) is 60.7 Å². The molecule has 1 amide bonds. The summed E-state index contributed by atoms with van der Waals surface area (Å²) in [6, 6.07) is 12.0. The van der Waals surface area contributed by atoms with E-state index in [4.69, 9.17) is 14.2 Å². The molecule has 2 aliphatic heterocycles. The molecule has 0 aromatic heterocycles. The summed E-state index contributed by atoms with van der Waals surface area (Å²) in [5.41, 5.74) is 2.07. The molecule has 2 saturated heterocycles. The van der Waals surface area contributed by atoms with Crippen molar-refractivity contribution in [3.05, 3.63) is 77.4 Å². The van der Waals surface area contributed by atoms with Gasteiger partial charge in [0.05, 0.1) is 31.4 Å². The maximum atomic E-state index is 13.4. The van der Waals surface area contributed by atoms with E-state index in [1.807, 2.05) is 31.2 Å². The van der Waals surface area contributed by atoms with E-state index in [0.29, 0.717) is 50.7 Å². The largest absolute Gasteiger partial charge is 0.507 e. The number of hydrogen-bond acceptors (Lipinski definition) is 7. The second-order valence-corrected chi connectivity index (χ2v) is 10.1. The van der Waals surface area contributed by atoms with Crippen LogP contribution in [0.25, 0.3) is 5.76 Å². The van der Waals surface area contributed by atoms with Crippen molar-refractivity contribution in [3.63, 3.8) is 0 Å². The van der Waals surface area contributed by atoms with Gasteiger partial charge < -0.3 is 24.2 Å². The number of nitrogens with zero attached hydrogens (tertiary/aromatic N) is 2. The van der Waals surface area contributed by atoms with E-state index in [9.17, 15) is 14.7 Å². The van der Waals surface area contributed by atoms with E-state index in [2.05, 4.69) is 18.4 Å². The molecule has 2 aromatic carbocycles. The number of unbranched alkanes of at least 4 members (excludes halogenated alkanes) is 1. The highest BCUT2D eigenvalue weighted by atomic mass is 16.5. The summed E-state index contributed by atoms with van der Waals surface area (Å²) in [4.78, 5) is 30.7. The molecule has 0 radical (unpaired) electrons. The van der Waals surface area contributed by atoms with Gasteiger partial charge in [0, 0.05) is 31.7 Å². The quantitative estimate of drug-likeness (QED) is 0.125. The minimum Gasteiger partial charge on any atom is -0.507 e. The molecule has 2 aliphatic rings. The van der Waals surface area contributed by atoms with Crippen molar-refractivity contribution in [3.8, 4) is 11.5 Å². The Morgan fingerprint density at radius 3 is 2.45 bits per heavy atom. The van der Waals surface area contributed by atoms with E-state index >= 15 is 0 Å². The molecule has 0 aliphatic carbocycles. The molecule has 2 fully saturated rings. The van der Waals surface area contributed by atoms with Crippen molar-refractivity contribution in [1.29, 1.82) is 0 Å². The Morgan fingerprint density at radius 1 is 1.05 bits per heavy atom. The number of aliphatic hydroxyl groups excluding tert-OH is 1. The van der Waals surface area contributed by atoms with Crippen LogP contribution < -0.4 is 9.47 Å². The smallest absolute Gasteiger partial charge is 0.295 e. The third-order valence-electron chi connectivity index (χ3n) is 7.30. The van der Waals surface area contributed by atoms with E-state index in [1.54, 1.807) is 29.2 Å².